The smallest absolute Gasteiger partial charge is 0.319 e. The summed E-state index contributed by atoms with van der Waals surface area (Å²) in [5.41, 5.74) is 1.94. The largest absolute Gasteiger partial charge is 0.338 e. The van der Waals surface area contributed by atoms with Gasteiger partial charge in [-0.25, -0.2) is 9.18 Å². The standard InChI is InChI=1S/C20H24FN3O/c21-18-6-8-19(9-7-18)23-20(25)22-14-16-10-12-24(13-11-16)15-17-4-2-1-3-5-17/h1-9,16H,10-15H2,(H2,22,23,25). The number of carbonyl (C=O) groups is 1. The first kappa shape index (κ1) is 17.4. The number of nitrogens with one attached hydrogen (secondary N) is 2. The van der Waals surface area contributed by atoms with Gasteiger partial charge in [-0.1, -0.05) is 30.3 Å². The van der Waals surface area contributed by atoms with Crippen molar-refractivity contribution in [2.24, 2.45) is 5.92 Å². The summed E-state index contributed by atoms with van der Waals surface area (Å²) in [7, 11) is 0. The first-order valence-electron chi connectivity index (χ1n) is 8.76. The van der Waals surface area contributed by atoms with E-state index in [-0.39, 0.29) is 11.8 Å². The van der Waals surface area contributed by atoms with Crippen LogP contribution in [-0.4, -0.2) is 30.6 Å². The van der Waals surface area contributed by atoms with Gasteiger partial charge in [-0.3, -0.25) is 4.90 Å². The highest BCUT2D eigenvalue weighted by Crippen LogP contribution is 2.18. The molecule has 2 N–H and O–H groups in total. The Kier molecular flexibility index (Phi) is 6.01. The van der Waals surface area contributed by atoms with E-state index >= 15 is 0 Å². The van der Waals surface area contributed by atoms with Crippen LogP contribution in [0.5, 0.6) is 0 Å². The number of amides is 2. The van der Waals surface area contributed by atoms with Gasteiger partial charge in [0.2, 0.25) is 0 Å². The number of urea groups is 1. The molecule has 1 aliphatic rings. The minimum Gasteiger partial charge on any atom is -0.338 e. The van der Waals surface area contributed by atoms with Gasteiger partial charge < -0.3 is 10.6 Å². The highest BCUT2D eigenvalue weighted by molar-refractivity contribution is 5.89. The molecule has 0 bridgehead atoms. The van der Waals surface area contributed by atoms with Crippen molar-refractivity contribution in [3.05, 3.63) is 66.0 Å². The lowest BCUT2D eigenvalue weighted by Crippen LogP contribution is -2.39. The van der Waals surface area contributed by atoms with Gasteiger partial charge in [-0.05, 0) is 61.7 Å². The molecule has 25 heavy (non-hydrogen) atoms. The normalized spacial score (nSPS) is 15.7. The van der Waals surface area contributed by atoms with E-state index in [1.807, 2.05) is 6.07 Å². The van der Waals surface area contributed by atoms with Gasteiger partial charge in [0.25, 0.3) is 0 Å². The second kappa shape index (κ2) is 8.62. The molecule has 3 rings (SSSR count). The zero-order valence-electron chi connectivity index (χ0n) is 14.2. The molecule has 132 valence electrons. The van der Waals surface area contributed by atoms with E-state index in [2.05, 4.69) is 39.8 Å². The van der Waals surface area contributed by atoms with Gasteiger partial charge in [0.05, 0.1) is 0 Å². The molecular formula is C20H24FN3O. The maximum absolute atomic E-state index is 12.9. The number of hydrogen-bond acceptors (Lipinski definition) is 2. The fraction of sp³-hybridized carbons (Fsp3) is 0.350. The molecule has 0 saturated carbocycles. The first-order valence-corrected chi connectivity index (χ1v) is 8.76. The van der Waals surface area contributed by atoms with Crippen molar-refractivity contribution in [1.29, 1.82) is 0 Å². The Labute approximate surface area is 148 Å². The molecule has 4 nitrogen and oxygen atoms in total. The Morgan fingerprint density at radius 3 is 2.40 bits per heavy atom. The maximum atomic E-state index is 12.9. The quantitative estimate of drug-likeness (QED) is 0.867. The van der Waals surface area contributed by atoms with Crippen LogP contribution in [0.15, 0.2) is 54.6 Å². The van der Waals surface area contributed by atoms with Crippen LogP contribution in [0.1, 0.15) is 18.4 Å². The van der Waals surface area contributed by atoms with Crippen molar-refractivity contribution in [1.82, 2.24) is 10.2 Å². The highest BCUT2D eigenvalue weighted by Gasteiger charge is 2.19. The Hall–Kier alpha value is -2.40. The Balaban J connectivity index is 1.36. The van der Waals surface area contributed by atoms with Crippen molar-refractivity contribution in [3.63, 3.8) is 0 Å². The third kappa shape index (κ3) is 5.57. The van der Waals surface area contributed by atoms with Gasteiger partial charge >= 0.3 is 6.03 Å². The third-order valence-electron chi connectivity index (χ3n) is 4.61. The zero-order chi connectivity index (χ0) is 17.5. The van der Waals surface area contributed by atoms with Gasteiger partial charge in [-0.2, -0.15) is 0 Å². The molecule has 0 atom stereocenters. The molecule has 0 spiro atoms. The van der Waals surface area contributed by atoms with Crippen LogP contribution >= 0.6 is 0 Å². The van der Waals surface area contributed by atoms with Crippen LogP contribution in [-0.2, 0) is 6.54 Å². The van der Waals surface area contributed by atoms with Crippen LogP contribution in [0.4, 0.5) is 14.9 Å². The van der Waals surface area contributed by atoms with Crippen molar-refractivity contribution < 1.29 is 9.18 Å². The molecular weight excluding hydrogens is 317 g/mol. The van der Waals surface area contributed by atoms with E-state index in [1.54, 1.807) is 12.1 Å². The molecule has 2 aromatic rings. The minimum absolute atomic E-state index is 0.238. The maximum Gasteiger partial charge on any atom is 0.319 e. The summed E-state index contributed by atoms with van der Waals surface area (Å²) < 4.78 is 12.9. The van der Waals surface area contributed by atoms with Crippen LogP contribution < -0.4 is 10.6 Å². The molecule has 2 aromatic carbocycles. The van der Waals surface area contributed by atoms with Gasteiger partial charge in [0.1, 0.15) is 5.82 Å². The summed E-state index contributed by atoms with van der Waals surface area (Å²) in [6, 6.07) is 16.0. The van der Waals surface area contributed by atoms with Crippen molar-refractivity contribution in [2.45, 2.75) is 19.4 Å². The molecule has 0 aliphatic carbocycles. The number of rotatable bonds is 5. The summed E-state index contributed by atoms with van der Waals surface area (Å²) in [5, 5.41) is 5.64. The fourth-order valence-electron chi connectivity index (χ4n) is 3.14. The molecule has 1 fully saturated rings. The number of piperidine rings is 1. The Morgan fingerprint density at radius 2 is 1.72 bits per heavy atom. The zero-order valence-corrected chi connectivity index (χ0v) is 14.2. The third-order valence-corrected chi connectivity index (χ3v) is 4.61. The van der Waals surface area contributed by atoms with Crippen molar-refractivity contribution in [2.75, 3.05) is 25.0 Å². The molecule has 0 radical (unpaired) electrons. The van der Waals surface area contributed by atoms with Gasteiger partial charge in [0.15, 0.2) is 0 Å². The summed E-state index contributed by atoms with van der Waals surface area (Å²) in [4.78, 5) is 14.4. The Morgan fingerprint density at radius 1 is 1.04 bits per heavy atom. The second-order valence-electron chi connectivity index (χ2n) is 6.55. The van der Waals surface area contributed by atoms with E-state index < -0.39 is 0 Å². The number of halogens is 1. The number of carbonyl (C=O) groups excluding carboxylic acids is 1. The van der Waals surface area contributed by atoms with Gasteiger partial charge in [0, 0.05) is 18.8 Å². The number of hydrogen-bond donors (Lipinski definition) is 2. The summed E-state index contributed by atoms with van der Waals surface area (Å²) in [5.74, 6) is 0.194. The van der Waals surface area contributed by atoms with Crippen molar-refractivity contribution in [3.8, 4) is 0 Å². The molecule has 1 heterocycles. The lowest BCUT2D eigenvalue weighted by molar-refractivity contribution is 0.175. The summed E-state index contributed by atoms with van der Waals surface area (Å²) in [6.07, 6.45) is 2.17. The van der Waals surface area contributed by atoms with E-state index in [0.717, 1.165) is 32.5 Å². The molecule has 5 heteroatoms. The molecule has 1 aliphatic heterocycles. The monoisotopic (exact) mass is 341 g/mol. The van der Waals surface area contributed by atoms with Crippen LogP contribution in [0.3, 0.4) is 0 Å². The predicted octanol–water partition coefficient (Wildman–Crippen LogP) is 3.86. The average Bonchev–Trinajstić information content (AvgIpc) is 2.64. The number of likely N-dealkylation sites (tertiary alicyclic amines) is 1. The van der Waals surface area contributed by atoms with E-state index in [0.29, 0.717) is 18.2 Å². The number of benzene rings is 2. The van der Waals surface area contributed by atoms with E-state index in [9.17, 15) is 9.18 Å². The number of anilines is 1. The minimum atomic E-state index is -0.312. The molecule has 0 aromatic heterocycles. The van der Waals surface area contributed by atoms with Crippen LogP contribution in [0.2, 0.25) is 0 Å². The Bertz CT molecular complexity index is 667. The van der Waals surface area contributed by atoms with E-state index in [4.69, 9.17) is 0 Å². The summed E-state index contributed by atoms with van der Waals surface area (Å²) >= 11 is 0. The van der Waals surface area contributed by atoms with E-state index in [1.165, 1.54) is 17.7 Å². The molecule has 2 amide bonds. The molecule has 0 unspecified atom stereocenters. The van der Waals surface area contributed by atoms with Crippen LogP contribution in [0.25, 0.3) is 0 Å². The second-order valence-corrected chi connectivity index (χ2v) is 6.55. The lowest BCUT2D eigenvalue weighted by Gasteiger charge is -2.32. The fourth-order valence-corrected chi connectivity index (χ4v) is 3.14. The highest BCUT2D eigenvalue weighted by atomic mass is 19.1. The topological polar surface area (TPSA) is 44.4 Å². The van der Waals surface area contributed by atoms with Crippen LogP contribution in [0, 0.1) is 11.7 Å². The average molecular weight is 341 g/mol. The van der Waals surface area contributed by atoms with Gasteiger partial charge in [-0.15, -0.1) is 0 Å². The predicted molar refractivity (Wildman–Crippen MR) is 97.9 cm³/mol. The lowest BCUT2D eigenvalue weighted by atomic mass is 9.96. The SMILES string of the molecule is O=C(NCC1CCN(Cc2ccccc2)CC1)Nc1ccc(F)cc1. The van der Waals surface area contributed by atoms with Crippen molar-refractivity contribution >= 4 is 11.7 Å². The molecule has 1 saturated heterocycles. The summed E-state index contributed by atoms with van der Waals surface area (Å²) in [6.45, 7) is 3.78. The first-order chi connectivity index (χ1) is 12.2. The number of nitrogens with zero attached hydrogens (tertiary/aromatic N) is 1.